The molecule has 22 heavy (non-hydrogen) atoms. The predicted molar refractivity (Wildman–Crippen MR) is 93.9 cm³/mol. The standard InChI is InChI=1S/C16H11ClN4.ClH/c1-2-10-4-3-5-11(6-10)21-16-12-7-14(18)13(17)8-15(12)19-9-20-16;/h1,3-9H,18H2,(H,19,20,21);1H. The van der Waals surface area contributed by atoms with Gasteiger partial charge >= 0.3 is 0 Å². The average Bonchev–Trinajstić information content (AvgIpc) is 2.49. The number of nitrogens with two attached hydrogens (primary N) is 1. The third kappa shape index (κ3) is 3.06. The number of aromatic nitrogens is 2. The summed E-state index contributed by atoms with van der Waals surface area (Å²) in [6.07, 6.45) is 6.88. The highest BCUT2D eigenvalue weighted by Gasteiger charge is 2.07. The summed E-state index contributed by atoms with van der Waals surface area (Å²) in [5.74, 6) is 3.25. The fourth-order valence-electron chi connectivity index (χ4n) is 2.02. The molecular weight excluding hydrogens is 319 g/mol. The Balaban J connectivity index is 0.00000176. The number of nitrogens with one attached hydrogen (secondary N) is 1. The molecule has 0 radical (unpaired) electrons. The number of anilines is 3. The molecule has 4 nitrogen and oxygen atoms in total. The fraction of sp³-hybridized carbons (Fsp3) is 0. The first-order valence-corrected chi connectivity index (χ1v) is 6.58. The zero-order chi connectivity index (χ0) is 14.8. The number of fused-ring (bicyclic) bond motifs is 1. The predicted octanol–water partition coefficient (Wildman–Crippen LogP) is 4.01. The number of nitrogen functional groups attached to an aromatic ring is 1. The van der Waals surface area contributed by atoms with Crippen molar-refractivity contribution in [3.8, 4) is 12.3 Å². The Labute approximate surface area is 139 Å². The zero-order valence-corrected chi connectivity index (χ0v) is 12.9. The summed E-state index contributed by atoms with van der Waals surface area (Å²) in [6.45, 7) is 0. The van der Waals surface area contributed by atoms with Gasteiger partial charge in [-0.15, -0.1) is 18.8 Å². The second-order valence-corrected chi connectivity index (χ2v) is 4.87. The summed E-state index contributed by atoms with van der Waals surface area (Å²) < 4.78 is 0. The molecule has 3 aromatic rings. The molecule has 0 bridgehead atoms. The van der Waals surface area contributed by atoms with Crippen LogP contribution in [-0.4, -0.2) is 9.97 Å². The molecule has 0 aliphatic rings. The molecule has 0 aliphatic carbocycles. The van der Waals surface area contributed by atoms with Gasteiger partial charge in [0.15, 0.2) is 0 Å². The van der Waals surface area contributed by atoms with Crippen LogP contribution in [0.2, 0.25) is 5.02 Å². The second kappa shape index (κ2) is 6.52. The summed E-state index contributed by atoms with van der Waals surface area (Å²) in [6, 6.07) is 11.0. The SMILES string of the molecule is C#Cc1cccc(Nc2ncnc3cc(Cl)c(N)cc23)c1.Cl. The van der Waals surface area contributed by atoms with Crippen molar-refractivity contribution in [1.82, 2.24) is 9.97 Å². The Morgan fingerprint density at radius 3 is 2.77 bits per heavy atom. The molecule has 0 spiro atoms. The van der Waals surface area contributed by atoms with Crippen LogP contribution in [0.3, 0.4) is 0 Å². The van der Waals surface area contributed by atoms with Crippen molar-refractivity contribution in [3.63, 3.8) is 0 Å². The third-order valence-corrected chi connectivity index (χ3v) is 3.37. The maximum absolute atomic E-state index is 6.01. The lowest BCUT2D eigenvalue weighted by molar-refractivity contribution is 1.22. The van der Waals surface area contributed by atoms with Crippen molar-refractivity contribution in [1.29, 1.82) is 0 Å². The normalized spacial score (nSPS) is 9.82. The summed E-state index contributed by atoms with van der Waals surface area (Å²) in [5.41, 5.74) is 8.70. The van der Waals surface area contributed by atoms with E-state index in [4.69, 9.17) is 23.8 Å². The van der Waals surface area contributed by atoms with Gasteiger partial charge in [-0.2, -0.15) is 0 Å². The van der Waals surface area contributed by atoms with Crippen LogP contribution in [0.15, 0.2) is 42.7 Å². The topological polar surface area (TPSA) is 63.8 Å². The van der Waals surface area contributed by atoms with Crippen LogP contribution in [-0.2, 0) is 0 Å². The lowest BCUT2D eigenvalue weighted by Crippen LogP contribution is -1.97. The van der Waals surface area contributed by atoms with Crippen molar-refractivity contribution in [2.24, 2.45) is 0 Å². The quantitative estimate of drug-likeness (QED) is 0.550. The van der Waals surface area contributed by atoms with Gasteiger partial charge in [-0.25, -0.2) is 9.97 Å². The molecule has 0 amide bonds. The van der Waals surface area contributed by atoms with Crippen molar-refractivity contribution < 1.29 is 0 Å². The molecular formula is C16H12Cl2N4. The van der Waals surface area contributed by atoms with Gasteiger partial charge in [0.25, 0.3) is 0 Å². The van der Waals surface area contributed by atoms with E-state index in [-0.39, 0.29) is 12.4 Å². The van der Waals surface area contributed by atoms with Crippen LogP contribution in [0.25, 0.3) is 10.9 Å². The number of hydrogen-bond donors (Lipinski definition) is 2. The van der Waals surface area contributed by atoms with E-state index in [2.05, 4.69) is 21.2 Å². The molecule has 1 heterocycles. The summed E-state index contributed by atoms with van der Waals surface area (Å²) >= 11 is 6.01. The number of rotatable bonds is 2. The summed E-state index contributed by atoms with van der Waals surface area (Å²) in [4.78, 5) is 8.45. The Morgan fingerprint density at radius 2 is 2.00 bits per heavy atom. The largest absolute Gasteiger partial charge is 0.398 e. The molecule has 0 saturated carbocycles. The second-order valence-electron chi connectivity index (χ2n) is 4.46. The molecule has 0 aliphatic heterocycles. The molecule has 0 fully saturated rings. The molecule has 6 heteroatoms. The van der Waals surface area contributed by atoms with E-state index in [9.17, 15) is 0 Å². The first-order valence-electron chi connectivity index (χ1n) is 6.21. The van der Waals surface area contributed by atoms with E-state index in [1.165, 1.54) is 6.33 Å². The first kappa shape index (κ1) is 15.9. The maximum atomic E-state index is 6.01. The van der Waals surface area contributed by atoms with E-state index < -0.39 is 0 Å². The molecule has 1 aromatic heterocycles. The highest BCUT2D eigenvalue weighted by atomic mass is 35.5. The molecule has 2 aromatic carbocycles. The van der Waals surface area contributed by atoms with Gasteiger partial charge < -0.3 is 11.1 Å². The molecule has 0 saturated heterocycles. The summed E-state index contributed by atoms with van der Waals surface area (Å²) in [7, 11) is 0. The van der Waals surface area contributed by atoms with E-state index >= 15 is 0 Å². The number of benzene rings is 2. The number of hydrogen-bond acceptors (Lipinski definition) is 4. The van der Waals surface area contributed by atoms with E-state index in [1.807, 2.05) is 24.3 Å². The molecule has 3 rings (SSSR count). The van der Waals surface area contributed by atoms with Crippen molar-refractivity contribution >= 4 is 52.1 Å². The van der Waals surface area contributed by atoms with Crippen LogP contribution in [0.5, 0.6) is 0 Å². The van der Waals surface area contributed by atoms with Crippen LogP contribution < -0.4 is 11.1 Å². The Kier molecular flexibility index (Phi) is 4.71. The van der Waals surface area contributed by atoms with Gasteiger partial charge in [-0.3, -0.25) is 0 Å². The van der Waals surface area contributed by atoms with E-state index in [0.717, 1.165) is 22.2 Å². The van der Waals surface area contributed by atoms with Gasteiger partial charge in [-0.1, -0.05) is 23.6 Å². The monoisotopic (exact) mass is 330 g/mol. The zero-order valence-electron chi connectivity index (χ0n) is 11.4. The summed E-state index contributed by atoms with van der Waals surface area (Å²) in [5, 5.41) is 4.49. The maximum Gasteiger partial charge on any atom is 0.141 e. The van der Waals surface area contributed by atoms with E-state index in [0.29, 0.717) is 16.5 Å². The van der Waals surface area contributed by atoms with Gasteiger partial charge in [0, 0.05) is 16.6 Å². The van der Waals surface area contributed by atoms with Crippen molar-refractivity contribution in [3.05, 3.63) is 53.3 Å². The highest BCUT2D eigenvalue weighted by Crippen LogP contribution is 2.29. The third-order valence-electron chi connectivity index (χ3n) is 3.05. The van der Waals surface area contributed by atoms with Gasteiger partial charge in [-0.05, 0) is 30.3 Å². The molecule has 0 atom stereocenters. The number of nitrogens with zero attached hydrogens (tertiary/aromatic N) is 2. The Morgan fingerprint density at radius 1 is 1.18 bits per heavy atom. The van der Waals surface area contributed by atoms with Gasteiger partial charge in [0.05, 0.1) is 16.2 Å². The van der Waals surface area contributed by atoms with Crippen molar-refractivity contribution in [2.45, 2.75) is 0 Å². The minimum atomic E-state index is 0. The van der Waals surface area contributed by atoms with Gasteiger partial charge in [0.1, 0.15) is 12.1 Å². The lowest BCUT2D eigenvalue weighted by Gasteiger charge is -2.09. The van der Waals surface area contributed by atoms with E-state index in [1.54, 1.807) is 12.1 Å². The minimum absolute atomic E-state index is 0. The molecule has 110 valence electrons. The van der Waals surface area contributed by atoms with Gasteiger partial charge in [0.2, 0.25) is 0 Å². The van der Waals surface area contributed by atoms with Crippen LogP contribution in [0.4, 0.5) is 17.2 Å². The smallest absolute Gasteiger partial charge is 0.141 e. The Hall–Kier alpha value is -2.48. The molecule has 0 unspecified atom stereocenters. The average molecular weight is 331 g/mol. The Bertz CT molecular complexity index is 872. The number of terminal acetylenes is 1. The minimum Gasteiger partial charge on any atom is -0.398 e. The number of halogens is 2. The lowest BCUT2D eigenvalue weighted by atomic mass is 10.2. The first-order chi connectivity index (χ1) is 10.2. The van der Waals surface area contributed by atoms with Crippen LogP contribution in [0.1, 0.15) is 5.56 Å². The fourth-order valence-corrected chi connectivity index (χ4v) is 2.18. The van der Waals surface area contributed by atoms with Crippen molar-refractivity contribution in [2.75, 3.05) is 11.1 Å². The molecule has 3 N–H and O–H groups in total. The highest BCUT2D eigenvalue weighted by molar-refractivity contribution is 6.34. The van der Waals surface area contributed by atoms with Crippen LogP contribution >= 0.6 is 24.0 Å². The van der Waals surface area contributed by atoms with Crippen LogP contribution in [0, 0.1) is 12.3 Å².